The lowest BCUT2D eigenvalue weighted by Crippen LogP contribution is -2.30. The molecule has 2 nitrogen and oxygen atoms in total. The number of nitrogen functional groups attached to an aromatic ring is 1. The van der Waals surface area contributed by atoms with Gasteiger partial charge in [-0.2, -0.15) is 0 Å². The number of hydrogen-bond donors (Lipinski definition) is 1. The highest BCUT2D eigenvalue weighted by atomic mass is 32.2. The first-order valence-corrected chi connectivity index (χ1v) is 6.96. The van der Waals surface area contributed by atoms with Gasteiger partial charge in [-0.1, -0.05) is 0 Å². The summed E-state index contributed by atoms with van der Waals surface area (Å²) in [5.74, 6) is 1.98. The van der Waals surface area contributed by atoms with E-state index in [2.05, 4.69) is 24.1 Å². The van der Waals surface area contributed by atoms with Crippen molar-refractivity contribution in [2.75, 3.05) is 25.1 Å². The third kappa shape index (κ3) is 1.72. The molecular weight excluding hydrogens is 216 g/mol. The maximum atomic E-state index is 5.99. The van der Waals surface area contributed by atoms with Gasteiger partial charge in [-0.25, -0.2) is 0 Å². The molecule has 2 aliphatic heterocycles. The Hall–Kier alpha value is -0.670. The van der Waals surface area contributed by atoms with Crippen molar-refractivity contribution >= 4 is 17.4 Å². The van der Waals surface area contributed by atoms with Gasteiger partial charge in [0.05, 0.1) is 0 Å². The molecule has 0 saturated carbocycles. The molecule has 1 aromatic carbocycles. The van der Waals surface area contributed by atoms with Crippen molar-refractivity contribution in [3.8, 4) is 0 Å². The molecule has 16 heavy (non-hydrogen) atoms. The predicted molar refractivity (Wildman–Crippen MR) is 69.9 cm³/mol. The second-order valence-corrected chi connectivity index (χ2v) is 6.11. The zero-order valence-electron chi connectivity index (χ0n) is 9.70. The van der Waals surface area contributed by atoms with E-state index >= 15 is 0 Å². The Morgan fingerprint density at radius 1 is 1.44 bits per heavy atom. The number of hydrogen-bond acceptors (Lipinski definition) is 3. The minimum absolute atomic E-state index is 0.736. The van der Waals surface area contributed by atoms with Gasteiger partial charge in [0.15, 0.2) is 0 Å². The molecule has 2 aliphatic rings. The van der Waals surface area contributed by atoms with Crippen LogP contribution in [0.2, 0.25) is 0 Å². The second kappa shape index (κ2) is 3.97. The van der Waals surface area contributed by atoms with Crippen LogP contribution in [-0.2, 0) is 6.54 Å². The highest BCUT2D eigenvalue weighted by Crippen LogP contribution is 2.42. The quantitative estimate of drug-likeness (QED) is 0.700. The van der Waals surface area contributed by atoms with Gasteiger partial charge in [0, 0.05) is 23.7 Å². The van der Waals surface area contributed by atoms with E-state index in [1.54, 1.807) is 5.56 Å². The topological polar surface area (TPSA) is 29.3 Å². The smallest absolute Gasteiger partial charge is 0.0328 e. The highest BCUT2D eigenvalue weighted by Gasteiger charge is 2.27. The molecule has 0 fully saturated rings. The zero-order chi connectivity index (χ0) is 11.1. The van der Waals surface area contributed by atoms with Crippen molar-refractivity contribution in [3.63, 3.8) is 0 Å². The summed E-state index contributed by atoms with van der Waals surface area (Å²) in [5, 5.41) is 0. The first-order valence-electron chi connectivity index (χ1n) is 5.97. The maximum absolute atomic E-state index is 5.99. The Balaban J connectivity index is 2.14. The van der Waals surface area contributed by atoms with Crippen molar-refractivity contribution in [1.29, 1.82) is 0 Å². The van der Waals surface area contributed by atoms with Crippen molar-refractivity contribution in [2.45, 2.75) is 30.2 Å². The fourth-order valence-corrected chi connectivity index (χ4v) is 4.20. The molecule has 0 saturated heterocycles. The van der Waals surface area contributed by atoms with Crippen LogP contribution in [0.3, 0.4) is 0 Å². The van der Waals surface area contributed by atoms with Crippen LogP contribution in [0, 0.1) is 0 Å². The van der Waals surface area contributed by atoms with E-state index in [4.69, 9.17) is 5.73 Å². The number of likely N-dealkylation sites (N-methyl/N-ethyl adjacent to an activating group) is 1. The molecule has 0 aliphatic carbocycles. The summed E-state index contributed by atoms with van der Waals surface area (Å²) in [5.41, 5.74) is 9.99. The van der Waals surface area contributed by atoms with Crippen molar-refractivity contribution < 1.29 is 0 Å². The first-order chi connectivity index (χ1) is 7.74. The molecule has 0 spiro atoms. The molecule has 1 atom stereocenters. The van der Waals surface area contributed by atoms with Gasteiger partial charge in [0.25, 0.3) is 0 Å². The van der Waals surface area contributed by atoms with E-state index in [0.29, 0.717) is 0 Å². The van der Waals surface area contributed by atoms with E-state index in [-0.39, 0.29) is 0 Å². The molecule has 2 N–H and O–H groups in total. The Kier molecular flexibility index (Phi) is 2.60. The standard InChI is InChI=1S/C13H18N2S/c1-15-7-9-3-2-4-16-12-6-11(14)5-10(8-15)13(9)12/h5-6,9H,2-4,7-8,14H2,1H3. The van der Waals surface area contributed by atoms with Gasteiger partial charge in [-0.3, -0.25) is 0 Å². The lowest BCUT2D eigenvalue weighted by Gasteiger charge is -2.32. The number of nitrogens with two attached hydrogens (primary N) is 1. The average Bonchev–Trinajstić information content (AvgIpc) is 2.40. The number of benzene rings is 1. The summed E-state index contributed by atoms with van der Waals surface area (Å²) in [6.45, 7) is 2.27. The van der Waals surface area contributed by atoms with Gasteiger partial charge in [0.2, 0.25) is 0 Å². The summed E-state index contributed by atoms with van der Waals surface area (Å²) >= 11 is 1.99. The zero-order valence-corrected chi connectivity index (χ0v) is 10.5. The molecule has 0 bridgehead atoms. The van der Waals surface area contributed by atoms with E-state index in [1.165, 1.54) is 35.6 Å². The van der Waals surface area contributed by atoms with E-state index in [1.807, 2.05) is 11.8 Å². The van der Waals surface area contributed by atoms with Crippen molar-refractivity contribution in [2.24, 2.45) is 0 Å². The Morgan fingerprint density at radius 2 is 2.31 bits per heavy atom. The Labute approximate surface area is 101 Å². The van der Waals surface area contributed by atoms with Gasteiger partial charge in [-0.05, 0) is 54.8 Å². The van der Waals surface area contributed by atoms with Crippen LogP contribution >= 0.6 is 11.8 Å². The lowest BCUT2D eigenvalue weighted by molar-refractivity contribution is 0.272. The lowest BCUT2D eigenvalue weighted by atomic mass is 9.87. The van der Waals surface area contributed by atoms with E-state index in [9.17, 15) is 0 Å². The van der Waals surface area contributed by atoms with Crippen LogP contribution in [0.1, 0.15) is 29.9 Å². The molecule has 0 aromatic heterocycles. The number of anilines is 1. The third-order valence-corrected chi connectivity index (χ3v) is 4.73. The third-order valence-electron chi connectivity index (χ3n) is 3.59. The molecule has 0 radical (unpaired) electrons. The molecule has 3 heteroatoms. The van der Waals surface area contributed by atoms with Gasteiger partial charge in [0.1, 0.15) is 0 Å². The SMILES string of the molecule is CN1Cc2cc(N)cc3c2C(CCCS3)C1. The number of rotatable bonds is 0. The fourth-order valence-electron chi connectivity index (χ4n) is 2.99. The van der Waals surface area contributed by atoms with Crippen LogP contribution in [-0.4, -0.2) is 24.2 Å². The van der Waals surface area contributed by atoms with Crippen LogP contribution in [0.4, 0.5) is 5.69 Å². The molecule has 2 heterocycles. The summed E-state index contributed by atoms with van der Waals surface area (Å²) in [7, 11) is 2.21. The monoisotopic (exact) mass is 234 g/mol. The summed E-state index contributed by atoms with van der Waals surface area (Å²) in [6.07, 6.45) is 2.67. The minimum atomic E-state index is 0.736. The van der Waals surface area contributed by atoms with E-state index in [0.717, 1.165) is 18.2 Å². The minimum Gasteiger partial charge on any atom is -0.399 e. The largest absolute Gasteiger partial charge is 0.399 e. The summed E-state index contributed by atoms with van der Waals surface area (Å²) in [6, 6.07) is 4.35. The van der Waals surface area contributed by atoms with Crippen molar-refractivity contribution in [1.82, 2.24) is 4.90 Å². The molecule has 3 rings (SSSR count). The van der Waals surface area contributed by atoms with E-state index < -0.39 is 0 Å². The van der Waals surface area contributed by atoms with Crippen molar-refractivity contribution in [3.05, 3.63) is 23.3 Å². The number of nitrogens with zero attached hydrogens (tertiary/aromatic N) is 1. The number of thioether (sulfide) groups is 1. The van der Waals surface area contributed by atoms with Gasteiger partial charge >= 0.3 is 0 Å². The maximum Gasteiger partial charge on any atom is 0.0328 e. The van der Waals surface area contributed by atoms with Crippen LogP contribution in [0.15, 0.2) is 17.0 Å². The molecular formula is C13H18N2S. The Morgan fingerprint density at radius 3 is 3.19 bits per heavy atom. The second-order valence-electron chi connectivity index (χ2n) is 4.98. The predicted octanol–water partition coefficient (Wildman–Crippen LogP) is 2.68. The van der Waals surface area contributed by atoms with Gasteiger partial charge in [-0.15, -0.1) is 11.8 Å². The summed E-state index contributed by atoms with van der Waals surface area (Å²) < 4.78 is 0. The molecule has 1 aromatic rings. The highest BCUT2D eigenvalue weighted by molar-refractivity contribution is 7.99. The average molecular weight is 234 g/mol. The normalized spacial score (nSPS) is 24.9. The molecule has 86 valence electrons. The van der Waals surface area contributed by atoms with Gasteiger partial charge < -0.3 is 10.6 Å². The fraction of sp³-hybridized carbons (Fsp3) is 0.538. The molecule has 1 unspecified atom stereocenters. The Bertz CT molecular complexity index is 417. The molecule has 0 amide bonds. The van der Waals surface area contributed by atoms with Crippen LogP contribution in [0.5, 0.6) is 0 Å². The van der Waals surface area contributed by atoms with Crippen LogP contribution in [0.25, 0.3) is 0 Å². The first kappa shape index (κ1) is 10.5. The summed E-state index contributed by atoms with van der Waals surface area (Å²) in [4.78, 5) is 3.87. The van der Waals surface area contributed by atoms with Crippen LogP contribution < -0.4 is 5.73 Å².